The van der Waals surface area contributed by atoms with Gasteiger partial charge in [0.2, 0.25) is 23.6 Å². The topological polar surface area (TPSA) is 194 Å². The van der Waals surface area contributed by atoms with E-state index in [4.69, 9.17) is 11.5 Å². The van der Waals surface area contributed by atoms with E-state index in [0.29, 0.717) is 18.6 Å². The van der Waals surface area contributed by atoms with Gasteiger partial charge in [-0.2, -0.15) is 11.8 Å². The molecule has 1 rings (SSSR count). The van der Waals surface area contributed by atoms with Gasteiger partial charge < -0.3 is 32.5 Å². The molecule has 0 heterocycles. The average molecular weight is 538 g/mol. The van der Waals surface area contributed by atoms with Crippen molar-refractivity contribution >= 4 is 41.4 Å². The Kier molecular flexibility index (Phi) is 14.3. The largest absolute Gasteiger partial charge is 0.480 e. The predicted octanol–water partition coefficient (Wildman–Crippen LogP) is 0.160. The molecule has 37 heavy (non-hydrogen) atoms. The first kappa shape index (κ1) is 31.9. The Bertz CT molecular complexity index is 916. The summed E-state index contributed by atoms with van der Waals surface area (Å²) in [6, 6.07) is 4.58. The van der Waals surface area contributed by atoms with Gasteiger partial charge in [-0.05, 0) is 36.3 Å². The summed E-state index contributed by atoms with van der Waals surface area (Å²) in [5, 5.41) is 17.3. The smallest absolute Gasteiger partial charge is 0.326 e. The second-order valence-electron chi connectivity index (χ2n) is 8.92. The molecule has 0 aromatic heterocycles. The number of amides is 4. The van der Waals surface area contributed by atoms with Gasteiger partial charge in [-0.15, -0.1) is 0 Å². The zero-order valence-corrected chi connectivity index (χ0v) is 22.4. The Morgan fingerprint density at radius 3 is 2.08 bits per heavy atom. The predicted molar refractivity (Wildman–Crippen MR) is 142 cm³/mol. The number of carboxylic acids is 1. The maximum Gasteiger partial charge on any atom is 0.326 e. The van der Waals surface area contributed by atoms with Crippen molar-refractivity contribution in [2.24, 2.45) is 17.4 Å². The number of benzene rings is 1. The summed E-state index contributed by atoms with van der Waals surface area (Å²) in [6.45, 7) is 3.52. The number of hydrogen-bond donors (Lipinski definition) is 6. The number of rotatable bonds is 17. The van der Waals surface area contributed by atoms with Gasteiger partial charge in [0.15, 0.2) is 0 Å². The monoisotopic (exact) mass is 537 g/mol. The van der Waals surface area contributed by atoms with Crippen molar-refractivity contribution in [2.75, 3.05) is 12.0 Å². The van der Waals surface area contributed by atoms with Crippen LogP contribution in [0.1, 0.15) is 45.1 Å². The summed E-state index contributed by atoms with van der Waals surface area (Å²) >= 11 is 1.52. The molecule has 0 bridgehead atoms. The van der Waals surface area contributed by atoms with Crippen LogP contribution < -0.4 is 27.4 Å². The third-order valence-corrected chi connectivity index (χ3v) is 6.62. The highest BCUT2D eigenvalue weighted by atomic mass is 32.2. The summed E-state index contributed by atoms with van der Waals surface area (Å²) in [5.41, 5.74) is 11.9. The number of aliphatic carboxylic acids is 1. The number of carbonyl (C=O) groups is 5. The Morgan fingerprint density at radius 1 is 0.946 bits per heavy atom. The van der Waals surface area contributed by atoms with Crippen LogP contribution in [0.5, 0.6) is 0 Å². The molecule has 0 spiro atoms. The van der Waals surface area contributed by atoms with Gasteiger partial charge in [-0.3, -0.25) is 19.2 Å². The number of nitrogens with one attached hydrogen (secondary N) is 3. The Hall–Kier alpha value is -3.12. The van der Waals surface area contributed by atoms with Gasteiger partial charge in [0.25, 0.3) is 0 Å². The molecule has 4 amide bonds. The van der Waals surface area contributed by atoms with Crippen LogP contribution in [0.25, 0.3) is 0 Å². The second kappa shape index (κ2) is 16.6. The first-order valence-electron chi connectivity index (χ1n) is 12.2. The standard InChI is InChI=1S/C25H39N5O6S/c1-4-15(2)21(25(35)36)30-24(34)19(14-16-8-6-5-7-9-16)29-23(33)18(10-11-20(27)31)28-22(32)17(26)12-13-37-3/h5-9,15,17-19,21H,4,10-14,26H2,1-3H3,(H2,27,31)(H,28,32)(H,29,33)(H,30,34)(H,35,36). The van der Waals surface area contributed by atoms with Crippen molar-refractivity contribution in [2.45, 2.75) is 70.1 Å². The average Bonchev–Trinajstić information content (AvgIpc) is 2.87. The molecule has 1 aromatic carbocycles. The molecule has 0 aliphatic rings. The van der Waals surface area contributed by atoms with Gasteiger partial charge in [0.1, 0.15) is 18.1 Å². The highest BCUT2D eigenvalue weighted by Gasteiger charge is 2.32. The van der Waals surface area contributed by atoms with Crippen LogP contribution >= 0.6 is 11.8 Å². The molecule has 5 unspecified atom stereocenters. The lowest BCUT2D eigenvalue weighted by Crippen LogP contribution is -2.58. The van der Waals surface area contributed by atoms with Crippen molar-refractivity contribution in [1.29, 1.82) is 0 Å². The molecule has 1 aromatic rings. The number of hydrogen-bond acceptors (Lipinski definition) is 7. The van der Waals surface area contributed by atoms with Crippen molar-refractivity contribution in [3.8, 4) is 0 Å². The first-order valence-corrected chi connectivity index (χ1v) is 13.6. The molecule has 0 radical (unpaired) electrons. The van der Waals surface area contributed by atoms with Crippen LogP contribution in [0.4, 0.5) is 0 Å². The molecule has 0 saturated heterocycles. The minimum Gasteiger partial charge on any atom is -0.480 e. The maximum atomic E-state index is 13.2. The van der Waals surface area contributed by atoms with Crippen LogP contribution in [0.2, 0.25) is 0 Å². The lowest BCUT2D eigenvalue weighted by molar-refractivity contribution is -0.143. The number of nitrogens with two attached hydrogens (primary N) is 2. The summed E-state index contributed by atoms with van der Waals surface area (Å²) in [6.07, 6.45) is 2.60. The molecular formula is C25H39N5O6S. The van der Waals surface area contributed by atoms with E-state index in [-0.39, 0.29) is 25.2 Å². The van der Waals surface area contributed by atoms with E-state index in [9.17, 15) is 29.1 Å². The molecule has 12 heteroatoms. The number of thioether (sulfide) groups is 1. The lowest BCUT2D eigenvalue weighted by atomic mass is 9.98. The lowest BCUT2D eigenvalue weighted by Gasteiger charge is -2.26. The number of carboxylic acid groups (broad SMARTS) is 1. The van der Waals surface area contributed by atoms with Crippen molar-refractivity contribution < 1.29 is 29.1 Å². The fraction of sp³-hybridized carbons (Fsp3) is 0.560. The van der Waals surface area contributed by atoms with Crippen LogP contribution in [-0.2, 0) is 30.4 Å². The van der Waals surface area contributed by atoms with E-state index in [1.54, 1.807) is 37.3 Å². The number of primary amides is 1. The second-order valence-corrected chi connectivity index (χ2v) is 9.90. The highest BCUT2D eigenvalue weighted by molar-refractivity contribution is 7.98. The van der Waals surface area contributed by atoms with Crippen molar-refractivity contribution in [3.63, 3.8) is 0 Å². The van der Waals surface area contributed by atoms with E-state index in [0.717, 1.165) is 5.56 Å². The summed E-state index contributed by atoms with van der Waals surface area (Å²) in [5.74, 6) is -3.49. The third kappa shape index (κ3) is 11.6. The fourth-order valence-corrected chi connectivity index (χ4v) is 3.97. The molecule has 11 nitrogen and oxygen atoms in total. The van der Waals surface area contributed by atoms with Crippen molar-refractivity contribution in [1.82, 2.24) is 16.0 Å². The van der Waals surface area contributed by atoms with Crippen LogP contribution in [0.15, 0.2) is 30.3 Å². The Balaban J connectivity index is 3.14. The van der Waals surface area contributed by atoms with Crippen LogP contribution in [0.3, 0.4) is 0 Å². The Labute approximate surface area is 221 Å². The van der Waals surface area contributed by atoms with Crippen LogP contribution in [0, 0.1) is 5.92 Å². The molecule has 5 atom stereocenters. The molecular weight excluding hydrogens is 498 g/mol. The minimum atomic E-state index is -1.18. The SMILES string of the molecule is CCC(C)C(NC(=O)C(Cc1ccccc1)NC(=O)C(CCC(N)=O)NC(=O)C(N)CCSC)C(=O)O. The van der Waals surface area contributed by atoms with Gasteiger partial charge in [0.05, 0.1) is 6.04 Å². The minimum absolute atomic E-state index is 0.0784. The molecule has 206 valence electrons. The summed E-state index contributed by atoms with van der Waals surface area (Å²) in [7, 11) is 0. The quantitative estimate of drug-likeness (QED) is 0.162. The van der Waals surface area contributed by atoms with E-state index >= 15 is 0 Å². The fourth-order valence-electron chi connectivity index (χ4n) is 3.48. The normalized spacial score (nSPS) is 14.9. The summed E-state index contributed by atoms with van der Waals surface area (Å²) in [4.78, 5) is 62.1. The maximum absolute atomic E-state index is 13.2. The molecule has 0 aliphatic heterocycles. The van der Waals surface area contributed by atoms with Crippen molar-refractivity contribution in [3.05, 3.63) is 35.9 Å². The molecule has 0 aliphatic carbocycles. The Morgan fingerprint density at radius 2 is 1.54 bits per heavy atom. The third-order valence-electron chi connectivity index (χ3n) is 5.97. The van der Waals surface area contributed by atoms with Crippen LogP contribution in [-0.4, -0.2) is 70.9 Å². The highest BCUT2D eigenvalue weighted by Crippen LogP contribution is 2.11. The molecule has 0 fully saturated rings. The van der Waals surface area contributed by atoms with E-state index in [2.05, 4.69) is 16.0 Å². The van der Waals surface area contributed by atoms with Gasteiger partial charge in [0, 0.05) is 12.8 Å². The van der Waals surface area contributed by atoms with Gasteiger partial charge >= 0.3 is 5.97 Å². The van der Waals surface area contributed by atoms with E-state index < -0.39 is 53.8 Å². The van der Waals surface area contributed by atoms with E-state index in [1.807, 2.05) is 13.2 Å². The first-order chi connectivity index (χ1) is 17.5. The van der Waals surface area contributed by atoms with E-state index in [1.165, 1.54) is 11.8 Å². The zero-order valence-electron chi connectivity index (χ0n) is 21.6. The van der Waals surface area contributed by atoms with Gasteiger partial charge in [-0.1, -0.05) is 50.6 Å². The molecule has 8 N–H and O–H groups in total. The van der Waals surface area contributed by atoms with Gasteiger partial charge in [-0.25, -0.2) is 4.79 Å². The zero-order chi connectivity index (χ0) is 28.0. The summed E-state index contributed by atoms with van der Waals surface area (Å²) < 4.78 is 0. The number of carbonyl (C=O) groups excluding carboxylic acids is 4. The molecule has 0 saturated carbocycles.